The molecule has 1 rings (SSSR count). The Morgan fingerprint density at radius 3 is 2.71 bits per heavy atom. The minimum atomic E-state index is 0.624. The second-order valence-corrected chi connectivity index (χ2v) is 3.26. The van der Waals surface area contributed by atoms with E-state index in [4.69, 9.17) is 12.2 Å². The zero-order chi connectivity index (χ0) is 10.6. The summed E-state index contributed by atoms with van der Waals surface area (Å²) in [4.78, 5) is 2.11. The molecule has 0 unspecified atom stereocenters. The summed E-state index contributed by atoms with van der Waals surface area (Å²) < 4.78 is 0. The van der Waals surface area contributed by atoms with Crippen molar-refractivity contribution in [3.05, 3.63) is 23.8 Å². The summed E-state index contributed by atoms with van der Waals surface area (Å²) in [5.41, 5.74) is 8.84. The molecule has 0 aliphatic carbocycles. The fourth-order valence-electron chi connectivity index (χ4n) is 1.32. The van der Waals surface area contributed by atoms with Crippen molar-refractivity contribution in [2.75, 3.05) is 23.7 Å². The van der Waals surface area contributed by atoms with Gasteiger partial charge in [-0.15, -0.1) is 6.42 Å². The Kier molecular flexibility index (Phi) is 3.41. The quantitative estimate of drug-likeness (QED) is 0.581. The topological polar surface area (TPSA) is 29.3 Å². The fraction of sp³-hybridized carbons (Fsp3) is 0.333. The number of hydrogen-bond donors (Lipinski definition) is 1. The van der Waals surface area contributed by atoms with Crippen LogP contribution in [0.3, 0.4) is 0 Å². The fourth-order valence-corrected chi connectivity index (χ4v) is 1.32. The van der Waals surface area contributed by atoms with Crippen LogP contribution in [0.4, 0.5) is 11.4 Å². The number of rotatable bonds is 3. The van der Waals surface area contributed by atoms with Gasteiger partial charge in [-0.1, -0.05) is 12.0 Å². The third-order valence-electron chi connectivity index (χ3n) is 2.29. The van der Waals surface area contributed by atoms with Gasteiger partial charge in [-0.2, -0.15) is 0 Å². The SMILES string of the molecule is C#CCN(CC)c1ccc(C)c(N)c1. The molecule has 0 fully saturated rings. The van der Waals surface area contributed by atoms with Crippen LogP contribution in [0.5, 0.6) is 0 Å². The molecule has 0 radical (unpaired) electrons. The first-order chi connectivity index (χ1) is 6.69. The molecule has 1 aromatic carbocycles. The molecular weight excluding hydrogens is 172 g/mol. The molecular formula is C12H16N2. The molecule has 0 spiro atoms. The van der Waals surface area contributed by atoms with Gasteiger partial charge in [-0.05, 0) is 31.5 Å². The van der Waals surface area contributed by atoms with Gasteiger partial charge in [0.15, 0.2) is 0 Å². The maximum absolute atomic E-state index is 5.83. The lowest BCUT2D eigenvalue weighted by Gasteiger charge is -2.20. The van der Waals surface area contributed by atoms with Crippen LogP contribution in [0, 0.1) is 19.3 Å². The van der Waals surface area contributed by atoms with E-state index in [0.717, 1.165) is 23.5 Å². The van der Waals surface area contributed by atoms with Gasteiger partial charge in [0.2, 0.25) is 0 Å². The van der Waals surface area contributed by atoms with Crippen LogP contribution in [-0.4, -0.2) is 13.1 Å². The van der Waals surface area contributed by atoms with Crippen molar-refractivity contribution in [1.29, 1.82) is 0 Å². The highest BCUT2D eigenvalue weighted by molar-refractivity contribution is 5.60. The maximum Gasteiger partial charge on any atom is 0.0791 e. The molecule has 0 aliphatic rings. The first kappa shape index (κ1) is 10.5. The Morgan fingerprint density at radius 2 is 2.21 bits per heavy atom. The molecule has 0 heterocycles. The van der Waals surface area contributed by atoms with Crippen LogP contribution in [0.2, 0.25) is 0 Å². The number of aryl methyl sites for hydroxylation is 1. The second-order valence-electron chi connectivity index (χ2n) is 3.26. The third-order valence-corrected chi connectivity index (χ3v) is 2.29. The van der Waals surface area contributed by atoms with Crippen molar-refractivity contribution in [1.82, 2.24) is 0 Å². The third kappa shape index (κ3) is 2.20. The molecule has 0 aromatic heterocycles. The van der Waals surface area contributed by atoms with Crippen molar-refractivity contribution >= 4 is 11.4 Å². The summed E-state index contributed by atoms with van der Waals surface area (Å²) >= 11 is 0. The van der Waals surface area contributed by atoms with E-state index in [9.17, 15) is 0 Å². The van der Waals surface area contributed by atoms with E-state index in [1.165, 1.54) is 0 Å². The molecule has 0 aliphatic heterocycles. The van der Waals surface area contributed by atoms with Crippen LogP contribution in [-0.2, 0) is 0 Å². The maximum atomic E-state index is 5.83. The first-order valence-electron chi connectivity index (χ1n) is 4.73. The summed E-state index contributed by atoms with van der Waals surface area (Å²) in [6.45, 7) is 5.59. The Morgan fingerprint density at radius 1 is 1.50 bits per heavy atom. The average molecular weight is 188 g/mol. The van der Waals surface area contributed by atoms with Crippen molar-refractivity contribution in [2.24, 2.45) is 0 Å². The minimum Gasteiger partial charge on any atom is -0.398 e. The molecule has 0 amide bonds. The number of nitrogens with two attached hydrogens (primary N) is 1. The van der Waals surface area contributed by atoms with E-state index in [2.05, 4.69) is 17.7 Å². The van der Waals surface area contributed by atoms with E-state index in [0.29, 0.717) is 6.54 Å². The molecule has 2 nitrogen and oxygen atoms in total. The number of benzene rings is 1. The average Bonchev–Trinajstić information content (AvgIpc) is 2.19. The Balaban J connectivity index is 2.95. The number of anilines is 2. The standard InChI is InChI=1S/C12H16N2/c1-4-8-14(5-2)11-7-6-10(3)12(13)9-11/h1,6-7,9H,5,8,13H2,2-3H3. The van der Waals surface area contributed by atoms with Crippen molar-refractivity contribution in [2.45, 2.75) is 13.8 Å². The Bertz CT molecular complexity index is 350. The normalized spacial score (nSPS) is 9.50. The summed E-state index contributed by atoms with van der Waals surface area (Å²) in [5, 5.41) is 0. The summed E-state index contributed by atoms with van der Waals surface area (Å²) in [6, 6.07) is 6.03. The molecule has 2 heteroatoms. The van der Waals surface area contributed by atoms with Gasteiger partial charge in [-0.25, -0.2) is 0 Å². The molecule has 0 bridgehead atoms. The molecule has 0 saturated heterocycles. The van der Waals surface area contributed by atoms with Gasteiger partial charge in [-0.3, -0.25) is 0 Å². The summed E-state index contributed by atoms with van der Waals surface area (Å²) in [6.07, 6.45) is 5.29. The molecule has 0 saturated carbocycles. The van der Waals surface area contributed by atoms with Gasteiger partial charge in [0, 0.05) is 17.9 Å². The lowest BCUT2D eigenvalue weighted by atomic mass is 10.1. The van der Waals surface area contributed by atoms with Gasteiger partial charge in [0.05, 0.1) is 6.54 Å². The van der Waals surface area contributed by atoms with Crippen LogP contribution < -0.4 is 10.6 Å². The first-order valence-corrected chi connectivity index (χ1v) is 4.73. The largest absolute Gasteiger partial charge is 0.398 e. The van der Waals surface area contributed by atoms with Crippen LogP contribution in [0.25, 0.3) is 0 Å². The van der Waals surface area contributed by atoms with Crippen molar-refractivity contribution in [3.8, 4) is 12.3 Å². The number of terminal acetylenes is 1. The number of nitrogens with zero attached hydrogens (tertiary/aromatic N) is 1. The molecule has 14 heavy (non-hydrogen) atoms. The highest BCUT2D eigenvalue weighted by Crippen LogP contribution is 2.20. The monoisotopic (exact) mass is 188 g/mol. The van der Waals surface area contributed by atoms with Crippen LogP contribution in [0.15, 0.2) is 18.2 Å². The highest BCUT2D eigenvalue weighted by atomic mass is 15.1. The van der Waals surface area contributed by atoms with Gasteiger partial charge in [0.1, 0.15) is 0 Å². The van der Waals surface area contributed by atoms with Crippen LogP contribution >= 0.6 is 0 Å². The highest BCUT2D eigenvalue weighted by Gasteiger charge is 2.03. The van der Waals surface area contributed by atoms with Crippen LogP contribution in [0.1, 0.15) is 12.5 Å². The van der Waals surface area contributed by atoms with E-state index < -0.39 is 0 Å². The smallest absolute Gasteiger partial charge is 0.0791 e. The van der Waals surface area contributed by atoms with E-state index >= 15 is 0 Å². The summed E-state index contributed by atoms with van der Waals surface area (Å²) in [7, 11) is 0. The van der Waals surface area contributed by atoms with Crippen molar-refractivity contribution < 1.29 is 0 Å². The molecule has 2 N–H and O–H groups in total. The lowest BCUT2D eigenvalue weighted by Crippen LogP contribution is -2.22. The van der Waals surface area contributed by atoms with Crippen molar-refractivity contribution in [3.63, 3.8) is 0 Å². The van der Waals surface area contributed by atoms with Gasteiger partial charge in [0.25, 0.3) is 0 Å². The molecule has 74 valence electrons. The Labute approximate surface area is 85.7 Å². The Hall–Kier alpha value is -1.62. The molecule has 1 aromatic rings. The molecule has 0 atom stereocenters. The zero-order valence-corrected chi connectivity index (χ0v) is 8.75. The number of hydrogen-bond acceptors (Lipinski definition) is 2. The minimum absolute atomic E-state index is 0.624. The summed E-state index contributed by atoms with van der Waals surface area (Å²) in [5.74, 6) is 2.64. The van der Waals surface area contributed by atoms with Gasteiger partial charge < -0.3 is 10.6 Å². The van der Waals surface area contributed by atoms with E-state index in [1.807, 2.05) is 25.1 Å². The predicted octanol–water partition coefficient (Wildman–Crippen LogP) is 2.04. The second kappa shape index (κ2) is 4.57. The lowest BCUT2D eigenvalue weighted by molar-refractivity contribution is 0.918. The number of nitrogen functional groups attached to an aromatic ring is 1. The van der Waals surface area contributed by atoms with Gasteiger partial charge >= 0.3 is 0 Å². The predicted molar refractivity (Wildman–Crippen MR) is 62.3 cm³/mol. The van der Waals surface area contributed by atoms with E-state index in [1.54, 1.807) is 0 Å². The zero-order valence-electron chi connectivity index (χ0n) is 8.75. The van der Waals surface area contributed by atoms with E-state index in [-0.39, 0.29) is 0 Å².